The minimum atomic E-state index is -3.67. The minimum absolute atomic E-state index is 0. The Labute approximate surface area is 345 Å². The van der Waals surface area contributed by atoms with E-state index >= 15 is 0 Å². The molecule has 2 saturated carbocycles. The molecule has 0 nitrogen and oxygen atoms in total. The van der Waals surface area contributed by atoms with E-state index in [9.17, 15) is 12.9 Å². The van der Waals surface area contributed by atoms with Crippen molar-refractivity contribution in [2.24, 2.45) is 23.7 Å². The number of rotatable bonds is 6. The maximum atomic E-state index is 9.67. The third-order valence-corrected chi connectivity index (χ3v) is 21.8. The fourth-order valence-electron chi connectivity index (χ4n) is 9.39. The maximum Gasteiger partial charge on any atom is 3.00 e. The van der Waals surface area contributed by atoms with Gasteiger partial charge in [0.15, 0.2) is 0 Å². The Balaban J connectivity index is -0.000000137. The molecule has 0 bridgehead atoms. The van der Waals surface area contributed by atoms with Crippen LogP contribution in [0.3, 0.4) is 0 Å². The van der Waals surface area contributed by atoms with Crippen molar-refractivity contribution in [1.29, 1.82) is 0 Å². The van der Waals surface area contributed by atoms with Gasteiger partial charge in [-0.3, -0.25) is 12.9 Å². The molecule has 0 amide bonds. The second-order valence-electron chi connectivity index (χ2n) is 15.9. The molecule has 2 saturated heterocycles. The van der Waals surface area contributed by atoms with Crippen LogP contribution < -0.4 is 4.70 Å². The van der Waals surface area contributed by atoms with E-state index < -0.39 is 7.54 Å². The molecule has 5 aliphatic rings. The van der Waals surface area contributed by atoms with Crippen molar-refractivity contribution in [1.82, 2.24) is 0 Å². The molecular formula is C42H84BF4FeP2Rh+2. The first kappa shape index (κ1) is 64.2. The first-order valence-corrected chi connectivity index (χ1v) is 22.4. The third-order valence-electron chi connectivity index (χ3n) is 11.5. The molecule has 3 aliphatic carbocycles. The summed E-state index contributed by atoms with van der Waals surface area (Å²) in [4.78, 5) is 0. The summed E-state index contributed by atoms with van der Waals surface area (Å²) in [6.07, 6.45) is 32.7. The molecule has 0 aromatic carbocycles. The van der Waals surface area contributed by atoms with Gasteiger partial charge in [0.2, 0.25) is 0 Å². The van der Waals surface area contributed by atoms with E-state index in [4.69, 9.17) is 0 Å². The normalized spacial score (nSPS) is 25.9. The van der Waals surface area contributed by atoms with Gasteiger partial charge in [-0.25, -0.2) is 0 Å². The van der Waals surface area contributed by atoms with Gasteiger partial charge in [0.1, 0.15) is 0 Å². The summed E-state index contributed by atoms with van der Waals surface area (Å²) in [6.45, 7) is 19.8. The molecular weight excluding hydrogens is 812 g/mol. The van der Waals surface area contributed by atoms with Gasteiger partial charge in [0.25, 0.3) is 0 Å². The predicted molar refractivity (Wildman–Crippen MR) is 226 cm³/mol. The zero-order valence-corrected chi connectivity index (χ0v) is 39.9. The summed E-state index contributed by atoms with van der Waals surface area (Å²) in [5.41, 5.74) is 6.93. The number of hydrogen-bond acceptors (Lipinski definition) is 0. The quantitative estimate of drug-likeness (QED) is 0.0819. The van der Waals surface area contributed by atoms with Crippen molar-refractivity contribution in [2.45, 2.75) is 192 Å². The van der Waals surface area contributed by atoms with Crippen LogP contribution in [0.2, 0.25) is 0 Å². The van der Waals surface area contributed by atoms with Crippen LogP contribution in [0, 0.1) is 53.4 Å². The van der Waals surface area contributed by atoms with Gasteiger partial charge in [-0.2, -0.15) is 0 Å². The van der Waals surface area contributed by atoms with Crippen LogP contribution in [0.1, 0.15) is 158 Å². The predicted octanol–water partition coefficient (Wildman–Crippen LogP) is 12.3. The van der Waals surface area contributed by atoms with Gasteiger partial charge in [-0.1, -0.05) is 79.7 Å². The fraction of sp³-hybridized carbons (Fsp3) is 0.810. The molecule has 2 aliphatic heterocycles. The Morgan fingerprint density at radius 2 is 0.627 bits per heavy atom. The van der Waals surface area contributed by atoms with Gasteiger partial charge in [0.05, 0.1) is 34.0 Å². The van der Waals surface area contributed by atoms with Gasteiger partial charge in [-0.15, -0.1) is 0 Å². The Morgan fingerprint density at radius 1 is 0.451 bits per heavy atom. The van der Waals surface area contributed by atoms with Crippen LogP contribution in [-0.4, -0.2) is 41.5 Å². The maximum absolute atomic E-state index is 9.67. The van der Waals surface area contributed by atoms with Crippen LogP contribution in [-0.2, 0) is 36.5 Å². The second-order valence-corrected chi connectivity index (χ2v) is 22.5. The molecule has 9 heteroatoms. The summed E-state index contributed by atoms with van der Waals surface area (Å²) in [6, 6.07) is 0. The molecule has 51 heavy (non-hydrogen) atoms. The summed E-state index contributed by atoms with van der Waals surface area (Å²) >= 11 is 0. The average Bonchev–Trinajstić information content (AvgIpc) is 3.73. The van der Waals surface area contributed by atoms with Crippen LogP contribution in [0.15, 0.2) is 24.3 Å². The monoisotopic (exact) mass is 896 g/mol. The van der Waals surface area contributed by atoms with Gasteiger partial charge < -0.3 is 34.4 Å². The minimum Gasteiger partial charge on any atom is -1.00 e. The van der Waals surface area contributed by atoms with Crippen LogP contribution in [0.5, 0.6) is 0 Å². The van der Waals surface area contributed by atoms with E-state index in [1.165, 1.54) is 62.7 Å². The molecule has 0 radical (unpaired) electrons. The smallest absolute Gasteiger partial charge is 1.00 e. The fourth-order valence-corrected chi connectivity index (χ4v) is 20.1. The third kappa shape index (κ3) is 23.2. The zero-order valence-electron chi connectivity index (χ0n) is 35.2. The summed E-state index contributed by atoms with van der Waals surface area (Å²) in [5, 5.41) is 0. The molecule has 4 fully saturated rings. The van der Waals surface area contributed by atoms with Gasteiger partial charge in [-0.05, 0) is 126 Å². The van der Waals surface area contributed by atoms with E-state index in [0.717, 1.165) is 46.3 Å². The summed E-state index contributed by atoms with van der Waals surface area (Å²) in [7, 11) is -3.80. The van der Waals surface area contributed by atoms with Crippen LogP contribution in [0.4, 0.5) is 12.9 Å². The molecule has 0 N–H and O–H groups in total. The number of allylic oxidation sites excluding steroid dienone is 4. The van der Waals surface area contributed by atoms with Crippen molar-refractivity contribution in [3.63, 3.8) is 0 Å². The van der Waals surface area contributed by atoms with Crippen molar-refractivity contribution in [3.05, 3.63) is 54.0 Å². The molecule has 0 unspecified atom stereocenters. The molecule has 5 rings (SSSR count). The van der Waals surface area contributed by atoms with Crippen LogP contribution in [0.25, 0.3) is 0 Å². The Bertz CT molecular complexity index is 697. The van der Waals surface area contributed by atoms with E-state index in [2.05, 4.69) is 79.7 Å². The average molecular weight is 897 g/mol. The molecule has 0 aromatic heterocycles. The summed E-state index contributed by atoms with van der Waals surface area (Å²) < 4.78 is 29.0. The second kappa shape index (κ2) is 35.7. The Kier molecular flexibility index (Phi) is 44.9. The van der Waals surface area contributed by atoms with E-state index in [0.29, 0.717) is 0 Å². The number of halogens is 4. The van der Waals surface area contributed by atoms with Crippen molar-refractivity contribution < 1.29 is 54.2 Å². The first-order valence-electron chi connectivity index (χ1n) is 18.9. The molecule has 0 aromatic rings. The molecule has 0 spiro atoms. The molecule has 2 heterocycles. The zero-order chi connectivity index (χ0) is 32.6. The van der Waals surface area contributed by atoms with Crippen LogP contribution >= 0.6 is 15.8 Å². The van der Waals surface area contributed by atoms with Gasteiger partial charge in [0, 0.05) is 15.8 Å². The van der Waals surface area contributed by atoms with Gasteiger partial charge >= 0.3 is 44.1 Å². The Morgan fingerprint density at radius 3 is 0.784 bits per heavy atom. The topological polar surface area (TPSA) is 0 Å². The first-order chi connectivity index (χ1) is 21.0. The van der Waals surface area contributed by atoms with Crippen molar-refractivity contribution in [2.75, 3.05) is 0 Å². The Hall–Kier alpha value is 1.27. The van der Waals surface area contributed by atoms with E-state index in [-0.39, 0.29) is 86.8 Å². The van der Waals surface area contributed by atoms with E-state index in [1.54, 1.807) is 51.4 Å². The molecule has 308 valence electrons. The van der Waals surface area contributed by atoms with E-state index in [1.807, 2.05) is 0 Å². The number of hydrogen-bond donors (Lipinski definition) is 0. The summed E-state index contributed by atoms with van der Waals surface area (Å²) in [5.74, 6) is 3.83. The van der Waals surface area contributed by atoms with Crippen molar-refractivity contribution >= 4 is 23.4 Å². The largest absolute Gasteiger partial charge is 3.00 e. The SMILES string of the molecule is C1=C\CC/C=C\CC/1.CC(C)[C@@H]1CC[C@@H](C(C)C)[PH+]1C1CCCC1.CC(C)[C@@H]1CC[C@@H](C(C)C)[PH+]1C1CCCC1.FB(F)F.[CH3-].[CH3-].[CH3-].[CH3-].[F-].[Fe+2].[Rh+3]. The molecule has 4 atom stereocenters. The van der Waals surface area contributed by atoms with Crippen molar-refractivity contribution in [3.8, 4) is 0 Å². The standard InChI is InChI=1S/2C15H29P.C8H12.4CH3.BF3.FH.Fe.Rh/c2*1-11(2)14-9-10-15(12(3)4)16(14)13-7-5-6-8-13;1-2-4-6-8-7-5-3-1;;;;;2-1(3)4;;;/h2*11-15H,5-10H2,1-4H3;1-2,7-8H,3-6H2;4*1H3;;1H;;/q;;;4*-1;;;+2;+3/p+1/b;;2-1-,8-7-;;;;;;;;/t2*14-,15-;;;;;;;;;/m00........./s1.